The van der Waals surface area contributed by atoms with Crippen LogP contribution in [0.2, 0.25) is 0 Å². The van der Waals surface area contributed by atoms with E-state index in [1.807, 2.05) is 0 Å². The highest BCUT2D eigenvalue weighted by atomic mass is 16.4. The molecule has 0 atom stereocenters. The van der Waals surface area contributed by atoms with Gasteiger partial charge in [-0.3, -0.25) is 14.4 Å². The number of carboxylic acids is 2. The van der Waals surface area contributed by atoms with Gasteiger partial charge < -0.3 is 15.5 Å². The summed E-state index contributed by atoms with van der Waals surface area (Å²) >= 11 is 0. The Hall–Kier alpha value is -1.43. The van der Waals surface area contributed by atoms with Crippen LogP contribution in [0.25, 0.3) is 0 Å². The van der Waals surface area contributed by atoms with E-state index in [0.29, 0.717) is 0 Å². The van der Waals surface area contributed by atoms with Crippen LogP contribution in [0.4, 0.5) is 0 Å². The quantitative estimate of drug-likeness (QED) is 0.548. The third-order valence-electron chi connectivity index (χ3n) is 1.20. The average Bonchev–Trinajstić information content (AvgIpc) is 2.03. The lowest BCUT2D eigenvalue weighted by Crippen LogP contribution is -2.11. The van der Waals surface area contributed by atoms with Gasteiger partial charge in [-0.05, 0) is 13.1 Å². The molecule has 0 radical (unpaired) electrons. The predicted molar refractivity (Wildman–Crippen MR) is 53.7 cm³/mol. The number of carboxylic acid groups (broad SMARTS) is 2. The Morgan fingerprint density at radius 3 is 1.40 bits per heavy atom. The third kappa shape index (κ3) is 19.1. The summed E-state index contributed by atoms with van der Waals surface area (Å²) in [5, 5.41) is 19.1. The molecule has 0 spiro atoms. The Labute approximate surface area is 88.3 Å². The molecule has 0 aliphatic heterocycles. The zero-order chi connectivity index (χ0) is 12.3. The van der Waals surface area contributed by atoms with Gasteiger partial charge in [0.25, 0.3) is 0 Å². The van der Waals surface area contributed by atoms with Crippen LogP contribution in [-0.4, -0.2) is 41.0 Å². The molecule has 0 rings (SSSR count). The van der Waals surface area contributed by atoms with Gasteiger partial charge in [0.15, 0.2) is 5.78 Å². The minimum absolute atomic E-state index is 0.716. The maximum Gasteiger partial charge on any atom is 0.310 e. The van der Waals surface area contributed by atoms with E-state index in [9.17, 15) is 14.4 Å². The number of carbonyl (C=O) groups excluding carboxylic acids is 1. The lowest BCUT2D eigenvalue weighted by molar-refractivity contribution is -0.143. The van der Waals surface area contributed by atoms with E-state index in [0.717, 1.165) is 13.1 Å². The minimum Gasteiger partial charge on any atom is -0.481 e. The SMILES string of the molecule is CCNCC.O=C(O)CC(=O)CC(=O)O. The summed E-state index contributed by atoms with van der Waals surface area (Å²) in [4.78, 5) is 29.9. The summed E-state index contributed by atoms with van der Waals surface area (Å²) in [6.07, 6.45) is -1.43. The van der Waals surface area contributed by atoms with Crippen molar-refractivity contribution in [2.75, 3.05) is 13.1 Å². The average molecular weight is 219 g/mol. The predicted octanol–water partition coefficient (Wildman–Crippen LogP) is 0.121. The molecule has 88 valence electrons. The Kier molecular flexibility index (Phi) is 11.4. The van der Waals surface area contributed by atoms with Crippen molar-refractivity contribution < 1.29 is 24.6 Å². The van der Waals surface area contributed by atoms with Gasteiger partial charge in [-0.25, -0.2) is 0 Å². The summed E-state index contributed by atoms with van der Waals surface area (Å²) < 4.78 is 0. The molecule has 0 fully saturated rings. The second-order valence-corrected chi connectivity index (χ2v) is 2.64. The van der Waals surface area contributed by atoms with Crippen molar-refractivity contribution in [3.05, 3.63) is 0 Å². The van der Waals surface area contributed by atoms with Crippen LogP contribution >= 0.6 is 0 Å². The second-order valence-electron chi connectivity index (χ2n) is 2.64. The first-order valence-corrected chi connectivity index (χ1v) is 4.60. The lowest BCUT2D eigenvalue weighted by Gasteiger charge is -1.89. The van der Waals surface area contributed by atoms with Crippen molar-refractivity contribution in [1.29, 1.82) is 0 Å². The first-order chi connectivity index (χ1) is 6.93. The molecule has 0 aromatic rings. The molecule has 0 aliphatic carbocycles. The summed E-state index contributed by atoms with van der Waals surface area (Å²) in [7, 11) is 0. The number of ketones is 1. The molecule has 6 nitrogen and oxygen atoms in total. The van der Waals surface area contributed by atoms with Crippen LogP contribution in [0.1, 0.15) is 26.7 Å². The fourth-order valence-corrected chi connectivity index (χ4v) is 0.650. The Morgan fingerprint density at radius 2 is 1.27 bits per heavy atom. The molecular formula is C9H17NO5. The standard InChI is InChI=1S/C5H6O5.C4H11N/c6-3(1-4(7)8)2-5(9)10;1-3-5-4-2/h1-2H2,(H,7,8)(H,9,10);5H,3-4H2,1-2H3. The van der Waals surface area contributed by atoms with Crippen LogP contribution in [0.15, 0.2) is 0 Å². The zero-order valence-electron chi connectivity index (χ0n) is 8.95. The van der Waals surface area contributed by atoms with Crippen LogP contribution in [0.3, 0.4) is 0 Å². The van der Waals surface area contributed by atoms with E-state index in [1.165, 1.54) is 0 Å². The van der Waals surface area contributed by atoms with E-state index < -0.39 is 30.6 Å². The van der Waals surface area contributed by atoms with E-state index in [4.69, 9.17) is 10.2 Å². The number of hydrogen-bond donors (Lipinski definition) is 3. The summed E-state index contributed by atoms with van der Waals surface area (Å²) in [6, 6.07) is 0. The van der Waals surface area contributed by atoms with E-state index in [2.05, 4.69) is 19.2 Å². The number of Topliss-reactive ketones (excluding diaryl/α,β-unsaturated/α-hetero) is 1. The molecule has 3 N–H and O–H groups in total. The minimum atomic E-state index is -1.30. The molecule has 0 saturated heterocycles. The molecule has 0 aromatic heterocycles. The number of aliphatic carboxylic acids is 2. The number of carbonyl (C=O) groups is 3. The molecule has 15 heavy (non-hydrogen) atoms. The lowest BCUT2D eigenvalue weighted by atomic mass is 10.2. The molecule has 0 aliphatic rings. The van der Waals surface area contributed by atoms with Gasteiger partial charge in [0, 0.05) is 0 Å². The maximum absolute atomic E-state index is 10.3. The summed E-state index contributed by atoms with van der Waals surface area (Å²) in [5.74, 6) is -3.39. The van der Waals surface area contributed by atoms with Crippen LogP contribution in [-0.2, 0) is 14.4 Å². The molecule has 6 heteroatoms. The van der Waals surface area contributed by atoms with Gasteiger partial charge in [-0.2, -0.15) is 0 Å². The van der Waals surface area contributed by atoms with Crippen molar-refractivity contribution >= 4 is 17.7 Å². The van der Waals surface area contributed by atoms with Crippen molar-refractivity contribution in [3.8, 4) is 0 Å². The van der Waals surface area contributed by atoms with Crippen LogP contribution < -0.4 is 5.32 Å². The van der Waals surface area contributed by atoms with Crippen molar-refractivity contribution in [2.24, 2.45) is 0 Å². The van der Waals surface area contributed by atoms with Crippen molar-refractivity contribution in [2.45, 2.75) is 26.7 Å². The van der Waals surface area contributed by atoms with E-state index >= 15 is 0 Å². The first-order valence-electron chi connectivity index (χ1n) is 4.60. The highest BCUT2D eigenvalue weighted by molar-refractivity contribution is 6.02. The van der Waals surface area contributed by atoms with Gasteiger partial charge >= 0.3 is 11.9 Å². The summed E-state index contributed by atoms with van der Waals surface area (Å²) in [5.41, 5.74) is 0. The number of rotatable bonds is 6. The largest absolute Gasteiger partial charge is 0.481 e. The topological polar surface area (TPSA) is 104 Å². The zero-order valence-corrected chi connectivity index (χ0v) is 8.95. The van der Waals surface area contributed by atoms with Gasteiger partial charge in [0.1, 0.15) is 12.8 Å². The molecule has 0 aromatic carbocycles. The highest BCUT2D eigenvalue weighted by Gasteiger charge is 2.10. The van der Waals surface area contributed by atoms with Gasteiger partial charge in [-0.1, -0.05) is 13.8 Å². The Bertz CT molecular complexity index is 195. The summed E-state index contributed by atoms with van der Waals surface area (Å²) in [6.45, 7) is 6.39. The fraction of sp³-hybridized carbons (Fsp3) is 0.667. The normalized spacial score (nSPS) is 8.67. The smallest absolute Gasteiger partial charge is 0.310 e. The molecule has 0 amide bonds. The molecule has 0 saturated carbocycles. The molecule has 0 heterocycles. The second kappa shape index (κ2) is 10.6. The van der Waals surface area contributed by atoms with Gasteiger partial charge in [0.2, 0.25) is 0 Å². The molecule has 0 unspecified atom stereocenters. The van der Waals surface area contributed by atoms with Gasteiger partial charge in [-0.15, -0.1) is 0 Å². The maximum atomic E-state index is 10.3. The van der Waals surface area contributed by atoms with Gasteiger partial charge in [0.05, 0.1) is 0 Å². The molecule has 0 bridgehead atoms. The van der Waals surface area contributed by atoms with E-state index in [1.54, 1.807) is 0 Å². The van der Waals surface area contributed by atoms with Crippen LogP contribution in [0.5, 0.6) is 0 Å². The highest BCUT2D eigenvalue weighted by Crippen LogP contribution is 1.88. The number of nitrogens with one attached hydrogen (secondary N) is 1. The third-order valence-corrected chi connectivity index (χ3v) is 1.20. The fourth-order valence-electron chi connectivity index (χ4n) is 0.650. The van der Waals surface area contributed by atoms with Crippen molar-refractivity contribution in [3.63, 3.8) is 0 Å². The Balaban J connectivity index is 0. The van der Waals surface area contributed by atoms with E-state index in [-0.39, 0.29) is 0 Å². The number of hydrogen-bond acceptors (Lipinski definition) is 4. The van der Waals surface area contributed by atoms with Crippen LogP contribution in [0, 0.1) is 0 Å². The Morgan fingerprint density at radius 1 is 0.933 bits per heavy atom. The molecular weight excluding hydrogens is 202 g/mol. The first kappa shape index (κ1) is 16.0. The monoisotopic (exact) mass is 219 g/mol. The van der Waals surface area contributed by atoms with Crippen molar-refractivity contribution in [1.82, 2.24) is 5.32 Å².